The minimum Gasteiger partial charge on any atom is -0.504 e. The second-order valence-corrected chi connectivity index (χ2v) is 8.14. The van der Waals surface area contributed by atoms with Crippen LogP contribution in [-0.2, 0) is 14.8 Å². The van der Waals surface area contributed by atoms with Crippen LogP contribution in [0.5, 0.6) is 17.2 Å². The molecule has 9 heteroatoms. The SMILES string of the molecule is CCOc1ccc(N=Cc2cccc(OC)c2O)cc1S(=O)(=O)N1CCOCC1. The number of aromatic hydroxyl groups is 1. The lowest BCUT2D eigenvalue weighted by Crippen LogP contribution is -2.40. The number of phenols is 1. The van der Waals surface area contributed by atoms with Crippen molar-refractivity contribution in [3.63, 3.8) is 0 Å². The summed E-state index contributed by atoms with van der Waals surface area (Å²) in [7, 11) is -2.29. The van der Waals surface area contributed by atoms with Gasteiger partial charge in [-0.25, -0.2) is 8.42 Å². The van der Waals surface area contributed by atoms with Crippen molar-refractivity contribution < 1.29 is 27.7 Å². The van der Waals surface area contributed by atoms with Crippen LogP contribution in [0.2, 0.25) is 0 Å². The molecule has 2 aromatic carbocycles. The number of benzene rings is 2. The molecule has 0 atom stereocenters. The van der Waals surface area contributed by atoms with Gasteiger partial charge in [-0.05, 0) is 37.3 Å². The molecule has 0 spiro atoms. The molecule has 0 bridgehead atoms. The van der Waals surface area contributed by atoms with Crippen molar-refractivity contribution in [2.24, 2.45) is 4.99 Å². The number of phenolic OH excluding ortho intramolecular Hbond substituents is 1. The van der Waals surface area contributed by atoms with Gasteiger partial charge in [-0.2, -0.15) is 4.31 Å². The van der Waals surface area contributed by atoms with E-state index >= 15 is 0 Å². The molecule has 1 fully saturated rings. The number of sulfonamides is 1. The Morgan fingerprint density at radius 3 is 2.66 bits per heavy atom. The van der Waals surface area contributed by atoms with Crippen molar-refractivity contribution in [2.45, 2.75) is 11.8 Å². The van der Waals surface area contributed by atoms with E-state index in [9.17, 15) is 13.5 Å². The molecule has 1 aliphatic rings. The van der Waals surface area contributed by atoms with Gasteiger partial charge < -0.3 is 19.3 Å². The number of morpholine rings is 1. The lowest BCUT2D eigenvalue weighted by molar-refractivity contribution is 0.0729. The zero-order valence-corrected chi connectivity index (χ0v) is 17.2. The Hall–Kier alpha value is -2.62. The smallest absolute Gasteiger partial charge is 0.246 e. The van der Waals surface area contributed by atoms with Gasteiger partial charge in [0.15, 0.2) is 11.5 Å². The molecule has 1 aliphatic heterocycles. The molecule has 8 nitrogen and oxygen atoms in total. The van der Waals surface area contributed by atoms with Gasteiger partial charge >= 0.3 is 0 Å². The molecule has 0 radical (unpaired) electrons. The molecule has 0 saturated carbocycles. The van der Waals surface area contributed by atoms with Crippen LogP contribution in [0.1, 0.15) is 12.5 Å². The fourth-order valence-electron chi connectivity index (χ4n) is 2.93. The third-order valence-electron chi connectivity index (χ3n) is 4.42. The number of nitrogens with zero attached hydrogens (tertiary/aromatic N) is 2. The molecular weight excluding hydrogens is 396 g/mol. The molecule has 0 unspecified atom stereocenters. The summed E-state index contributed by atoms with van der Waals surface area (Å²) >= 11 is 0. The standard InChI is InChI=1S/C20H24N2O6S/c1-3-28-17-8-7-16(21-14-15-5-4-6-18(26-2)20(15)23)13-19(17)29(24,25)22-9-11-27-12-10-22/h4-8,13-14,23H,3,9-12H2,1-2H3. The Bertz CT molecular complexity index is 984. The van der Waals surface area contributed by atoms with E-state index in [1.54, 1.807) is 37.3 Å². The molecular formula is C20H24N2O6S. The fourth-order valence-corrected chi connectivity index (χ4v) is 4.49. The van der Waals surface area contributed by atoms with Crippen LogP contribution in [-0.4, -0.2) is 64.1 Å². The highest BCUT2D eigenvalue weighted by Crippen LogP contribution is 2.32. The monoisotopic (exact) mass is 420 g/mol. The third kappa shape index (κ3) is 4.69. The summed E-state index contributed by atoms with van der Waals surface area (Å²) < 4.78 is 43.5. The number of ether oxygens (including phenoxy) is 3. The summed E-state index contributed by atoms with van der Waals surface area (Å²) in [4.78, 5) is 4.39. The third-order valence-corrected chi connectivity index (χ3v) is 6.34. The van der Waals surface area contributed by atoms with Crippen molar-refractivity contribution >= 4 is 21.9 Å². The molecule has 3 rings (SSSR count). The second-order valence-electron chi connectivity index (χ2n) is 6.24. The Kier molecular flexibility index (Phi) is 6.73. The van der Waals surface area contributed by atoms with Gasteiger partial charge in [0.1, 0.15) is 10.6 Å². The van der Waals surface area contributed by atoms with Gasteiger partial charge in [0.25, 0.3) is 0 Å². The Morgan fingerprint density at radius 2 is 1.97 bits per heavy atom. The molecule has 0 aliphatic carbocycles. The summed E-state index contributed by atoms with van der Waals surface area (Å²) in [6, 6.07) is 9.78. The molecule has 2 aromatic rings. The molecule has 1 saturated heterocycles. The molecule has 1 heterocycles. The first-order chi connectivity index (χ1) is 14.0. The van der Waals surface area contributed by atoms with E-state index < -0.39 is 10.0 Å². The van der Waals surface area contributed by atoms with Gasteiger partial charge in [-0.15, -0.1) is 0 Å². The maximum absolute atomic E-state index is 13.1. The zero-order valence-electron chi connectivity index (χ0n) is 16.4. The van der Waals surface area contributed by atoms with E-state index in [1.807, 2.05) is 0 Å². The predicted octanol–water partition coefficient (Wildman–Crippen LogP) is 2.57. The lowest BCUT2D eigenvalue weighted by atomic mass is 10.2. The van der Waals surface area contributed by atoms with Crippen LogP contribution in [0.25, 0.3) is 0 Å². The van der Waals surface area contributed by atoms with Crippen LogP contribution < -0.4 is 9.47 Å². The van der Waals surface area contributed by atoms with E-state index in [2.05, 4.69) is 4.99 Å². The van der Waals surface area contributed by atoms with Crippen molar-refractivity contribution in [2.75, 3.05) is 40.0 Å². The fraction of sp³-hybridized carbons (Fsp3) is 0.350. The van der Waals surface area contributed by atoms with Gasteiger partial charge in [-0.3, -0.25) is 4.99 Å². The highest BCUT2D eigenvalue weighted by molar-refractivity contribution is 7.89. The second kappa shape index (κ2) is 9.25. The minimum absolute atomic E-state index is 0.0363. The van der Waals surface area contributed by atoms with Crippen LogP contribution in [0.15, 0.2) is 46.3 Å². The predicted molar refractivity (Wildman–Crippen MR) is 109 cm³/mol. The number of methoxy groups -OCH3 is 1. The summed E-state index contributed by atoms with van der Waals surface area (Å²) in [5.41, 5.74) is 0.873. The van der Waals surface area contributed by atoms with E-state index in [-0.39, 0.29) is 16.4 Å². The molecule has 1 N–H and O–H groups in total. The summed E-state index contributed by atoms with van der Waals surface area (Å²) in [6.07, 6.45) is 1.46. The van der Waals surface area contributed by atoms with Gasteiger partial charge in [-0.1, -0.05) is 6.07 Å². The van der Waals surface area contributed by atoms with E-state index in [1.165, 1.54) is 23.7 Å². The maximum atomic E-state index is 13.1. The topological polar surface area (TPSA) is 97.7 Å². The van der Waals surface area contributed by atoms with Crippen LogP contribution in [0.3, 0.4) is 0 Å². The van der Waals surface area contributed by atoms with Crippen molar-refractivity contribution in [3.8, 4) is 17.2 Å². The van der Waals surface area contributed by atoms with Gasteiger partial charge in [0.2, 0.25) is 10.0 Å². The average Bonchev–Trinajstić information content (AvgIpc) is 2.74. The van der Waals surface area contributed by atoms with E-state index in [0.29, 0.717) is 49.9 Å². The molecule has 29 heavy (non-hydrogen) atoms. The van der Waals surface area contributed by atoms with Crippen molar-refractivity contribution in [1.82, 2.24) is 4.31 Å². The minimum atomic E-state index is -3.75. The maximum Gasteiger partial charge on any atom is 0.246 e. The highest BCUT2D eigenvalue weighted by Gasteiger charge is 2.29. The normalized spacial score (nSPS) is 15.5. The van der Waals surface area contributed by atoms with E-state index in [4.69, 9.17) is 14.2 Å². The van der Waals surface area contributed by atoms with Crippen LogP contribution in [0, 0.1) is 0 Å². The highest BCUT2D eigenvalue weighted by atomic mass is 32.2. The first-order valence-electron chi connectivity index (χ1n) is 9.22. The summed E-state index contributed by atoms with van der Waals surface area (Å²) in [5, 5.41) is 10.2. The summed E-state index contributed by atoms with van der Waals surface area (Å²) in [5.74, 6) is 0.573. The number of aliphatic imine (C=N–C) groups is 1. The number of rotatable bonds is 7. The quantitative estimate of drug-likeness (QED) is 0.692. The number of hydrogen-bond donors (Lipinski definition) is 1. The Morgan fingerprint density at radius 1 is 1.21 bits per heavy atom. The lowest BCUT2D eigenvalue weighted by Gasteiger charge is -2.26. The van der Waals surface area contributed by atoms with Crippen LogP contribution >= 0.6 is 0 Å². The Labute approximate surface area is 170 Å². The van der Waals surface area contributed by atoms with Crippen molar-refractivity contribution in [3.05, 3.63) is 42.0 Å². The Balaban J connectivity index is 1.96. The first-order valence-corrected chi connectivity index (χ1v) is 10.7. The number of para-hydroxylation sites is 1. The van der Waals surface area contributed by atoms with Gasteiger partial charge in [0.05, 0.1) is 32.6 Å². The average molecular weight is 420 g/mol. The van der Waals surface area contributed by atoms with E-state index in [0.717, 1.165) is 0 Å². The number of hydrogen-bond acceptors (Lipinski definition) is 7. The van der Waals surface area contributed by atoms with Gasteiger partial charge in [0, 0.05) is 24.9 Å². The summed E-state index contributed by atoms with van der Waals surface area (Å²) in [6.45, 7) is 3.43. The van der Waals surface area contributed by atoms with Crippen molar-refractivity contribution in [1.29, 1.82) is 0 Å². The molecule has 0 amide bonds. The largest absolute Gasteiger partial charge is 0.504 e. The van der Waals surface area contributed by atoms with Crippen LogP contribution in [0.4, 0.5) is 5.69 Å². The first kappa shape index (κ1) is 21.1. The molecule has 0 aromatic heterocycles. The molecule has 156 valence electrons. The zero-order chi connectivity index (χ0) is 20.9.